The topological polar surface area (TPSA) is 58.1 Å². The molecule has 1 aromatic rings. The molecule has 136 valence electrons. The Hall–Kier alpha value is -1.06. The molecule has 0 spiro atoms. The average Bonchev–Trinajstić information content (AvgIpc) is 2.58. The Morgan fingerprint density at radius 2 is 2.08 bits per heavy atom. The van der Waals surface area contributed by atoms with Crippen molar-refractivity contribution in [3.05, 3.63) is 29.8 Å². The lowest BCUT2D eigenvalue weighted by atomic mass is 10.2. The van der Waals surface area contributed by atoms with E-state index >= 15 is 0 Å². The minimum atomic E-state index is 0. The molecule has 1 atom stereocenters. The minimum absolute atomic E-state index is 0. The van der Waals surface area contributed by atoms with Gasteiger partial charge in [0.05, 0.1) is 26.4 Å². The molecule has 1 heterocycles. The molecule has 2 rings (SSSR count). The second-order valence-electron chi connectivity index (χ2n) is 5.68. The standard InChI is InChI=1S/C17H28N4O2.HI/c1-4-18-17(20-12-16-13-21(2)9-10-23-16)19-11-14-5-7-15(22-3)8-6-14;/h5-8,16H,4,9-13H2,1-3H3,(H2,18,19,20);1H. The van der Waals surface area contributed by atoms with E-state index in [0.717, 1.165) is 50.1 Å². The summed E-state index contributed by atoms with van der Waals surface area (Å²) in [6, 6.07) is 7.98. The number of rotatable bonds is 6. The van der Waals surface area contributed by atoms with Gasteiger partial charge in [0.25, 0.3) is 0 Å². The van der Waals surface area contributed by atoms with Crippen molar-refractivity contribution >= 4 is 29.9 Å². The van der Waals surface area contributed by atoms with Crippen molar-refractivity contribution in [2.75, 3.05) is 46.9 Å². The monoisotopic (exact) mass is 448 g/mol. The number of aliphatic imine (C=N–C) groups is 1. The van der Waals surface area contributed by atoms with Crippen molar-refractivity contribution in [3.8, 4) is 5.75 Å². The third-order valence-corrected chi connectivity index (χ3v) is 3.76. The van der Waals surface area contributed by atoms with E-state index in [4.69, 9.17) is 9.47 Å². The van der Waals surface area contributed by atoms with Crippen molar-refractivity contribution in [2.45, 2.75) is 19.6 Å². The lowest BCUT2D eigenvalue weighted by molar-refractivity contribution is -0.0161. The van der Waals surface area contributed by atoms with Gasteiger partial charge in [0.1, 0.15) is 5.75 Å². The van der Waals surface area contributed by atoms with Crippen LogP contribution in [-0.4, -0.2) is 63.9 Å². The molecule has 1 unspecified atom stereocenters. The number of likely N-dealkylation sites (N-methyl/N-ethyl adjacent to an activating group) is 1. The molecular weight excluding hydrogens is 419 g/mol. The Bertz CT molecular complexity index is 496. The van der Waals surface area contributed by atoms with Crippen LogP contribution in [0.5, 0.6) is 5.75 Å². The minimum Gasteiger partial charge on any atom is -0.497 e. The van der Waals surface area contributed by atoms with Crippen LogP contribution in [0.3, 0.4) is 0 Å². The summed E-state index contributed by atoms with van der Waals surface area (Å²) in [6.07, 6.45) is 0.207. The fourth-order valence-corrected chi connectivity index (χ4v) is 2.44. The molecular formula is C17H29IN4O2. The Balaban J connectivity index is 0.00000288. The molecule has 0 radical (unpaired) electrons. The third kappa shape index (κ3) is 7.23. The van der Waals surface area contributed by atoms with E-state index in [1.54, 1.807) is 7.11 Å². The van der Waals surface area contributed by atoms with Crippen molar-refractivity contribution in [3.63, 3.8) is 0 Å². The van der Waals surface area contributed by atoms with E-state index in [2.05, 4.69) is 34.5 Å². The van der Waals surface area contributed by atoms with Crippen molar-refractivity contribution in [2.24, 2.45) is 4.99 Å². The van der Waals surface area contributed by atoms with Gasteiger partial charge in [-0.05, 0) is 31.7 Å². The molecule has 6 nitrogen and oxygen atoms in total. The van der Waals surface area contributed by atoms with E-state index < -0.39 is 0 Å². The van der Waals surface area contributed by atoms with Gasteiger partial charge in [-0.15, -0.1) is 24.0 Å². The number of benzene rings is 1. The number of methoxy groups -OCH3 is 1. The average molecular weight is 448 g/mol. The summed E-state index contributed by atoms with van der Waals surface area (Å²) in [7, 11) is 3.80. The second-order valence-corrected chi connectivity index (χ2v) is 5.68. The molecule has 0 amide bonds. The van der Waals surface area contributed by atoms with Gasteiger partial charge in [-0.25, -0.2) is 4.99 Å². The summed E-state index contributed by atoms with van der Waals surface area (Å²) in [5.74, 6) is 1.68. The van der Waals surface area contributed by atoms with E-state index in [1.165, 1.54) is 0 Å². The van der Waals surface area contributed by atoms with Gasteiger partial charge >= 0.3 is 0 Å². The first-order valence-corrected chi connectivity index (χ1v) is 8.16. The summed E-state index contributed by atoms with van der Waals surface area (Å²) >= 11 is 0. The van der Waals surface area contributed by atoms with Crippen molar-refractivity contribution < 1.29 is 9.47 Å². The summed E-state index contributed by atoms with van der Waals surface area (Å²) in [6.45, 7) is 7.04. The zero-order valence-corrected chi connectivity index (χ0v) is 17.1. The van der Waals surface area contributed by atoms with Gasteiger partial charge in [-0.1, -0.05) is 12.1 Å². The highest BCUT2D eigenvalue weighted by atomic mass is 127. The van der Waals surface area contributed by atoms with E-state index in [9.17, 15) is 0 Å². The lowest BCUT2D eigenvalue weighted by Gasteiger charge is -2.30. The van der Waals surface area contributed by atoms with Crippen LogP contribution in [0.1, 0.15) is 12.5 Å². The van der Waals surface area contributed by atoms with Gasteiger partial charge in [0, 0.05) is 26.2 Å². The number of nitrogens with one attached hydrogen (secondary N) is 2. The smallest absolute Gasteiger partial charge is 0.191 e. The van der Waals surface area contributed by atoms with Gasteiger partial charge in [0.2, 0.25) is 0 Å². The summed E-state index contributed by atoms with van der Waals surface area (Å²) < 4.78 is 10.9. The highest BCUT2D eigenvalue weighted by molar-refractivity contribution is 14.0. The van der Waals surface area contributed by atoms with E-state index in [1.807, 2.05) is 24.3 Å². The lowest BCUT2D eigenvalue weighted by Crippen LogP contribution is -2.48. The quantitative estimate of drug-likeness (QED) is 0.394. The van der Waals surface area contributed by atoms with Crippen LogP contribution < -0.4 is 15.4 Å². The van der Waals surface area contributed by atoms with Crippen LogP contribution in [0.4, 0.5) is 0 Å². The molecule has 2 N–H and O–H groups in total. The van der Waals surface area contributed by atoms with Crippen molar-refractivity contribution in [1.29, 1.82) is 0 Å². The SMILES string of the molecule is CCNC(=NCc1ccc(OC)cc1)NCC1CN(C)CCO1.I. The molecule has 1 aliphatic rings. The van der Waals surface area contributed by atoms with Gasteiger partial charge in [-0.2, -0.15) is 0 Å². The Morgan fingerprint density at radius 1 is 1.33 bits per heavy atom. The number of ether oxygens (including phenoxy) is 2. The molecule has 1 fully saturated rings. The maximum Gasteiger partial charge on any atom is 0.191 e. The molecule has 0 saturated carbocycles. The highest BCUT2D eigenvalue weighted by Gasteiger charge is 2.17. The molecule has 1 aromatic carbocycles. The summed E-state index contributed by atoms with van der Waals surface area (Å²) in [4.78, 5) is 6.92. The Morgan fingerprint density at radius 3 is 2.71 bits per heavy atom. The van der Waals surface area contributed by atoms with Crippen LogP contribution in [0.25, 0.3) is 0 Å². The first kappa shape index (κ1) is 21.0. The maximum atomic E-state index is 5.76. The van der Waals surface area contributed by atoms with Crippen molar-refractivity contribution in [1.82, 2.24) is 15.5 Å². The fraction of sp³-hybridized carbons (Fsp3) is 0.588. The van der Waals surface area contributed by atoms with Crippen LogP contribution >= 0.6 is 24.0 Å². The Kier molecular flexibility index (Phi) is 10.0. The molecule has 1 saturated heterocycles. The number of guanidine groups is 1. The number of nitrogens with zero attached hydrogens (tertiary/aromatic N) is 2. The predicted octanol–water partition coefficient (Wildman–Crippen LogP) is 1.70. The second kappa shape index (κ2) is 11.5. The maximum absolute atomic E-state index is 5.76. The number of morpholine rings is 1. The molecule has 0 aromatic heterocycles. The Labute approximate surface area is 162 Å². The number of hydrogen-bond acceptors (Lipinski definition) is 4. The predicted molar refractivity (Wildman–Crippen MR) is 108 cm³/mol. The highest BCUT2D eigenvalue weighted by Crippen LogP contribution is 2.11. The summed E-state index contributed by atoms with van der Waals surface area (Å²) in [5.41, 5.74) is 1.15. The molecule has 0 aliphatic carbocycles. The van der Waals surface area contributed by atoms with Gasteiger partial charge in [0.15, 0.2) is 5.96 Å². The molecule has 7 heteroatoms. The normalized spacial score (nSPS) is 18.6. The van der Waals surface area contributed by atoms with Crippen LogP contribution in [0.15, 0.2) is 29.3 Å². The van der Waals surface area contributed by atoms with E-state index in [-0.39, 0.29) is 30.1 Å². The largest absolute Gasteiger partial charge is 0.497 e. The first-order valence-electron chi connectivity index (χ1n) is 8.16. The fourth-order valence-electron chi connectivity index (χ4n) is 2.44. The summed E-state index contributed by atoms with van der Waals surface area (Å²) in [5, 5.41) is 6.64. The molecule has 0 bridgehead atoms. The van der Waals surface area contributed by atoms with Crippen LogP contribution in [0, 0.1) is 0 Å². The van der Waals surface area contributed by atoms with Crippen LogP contribution in [0.2, 0.25) is 0 Å². The third-order valence-electron chi connectivity index (χ3n) is 3.76. The van der Waals surface area contributed by atoms with Gasteiger partial charge < -0.3 is 25.0 Å². The molecule has 1 aliphatic heterocycles. The zero-order valence-electron chi connectivity index (χ0n) is 14.7. The number of halogens is 1. The first-order chi connectivity index (χ1) is 11.2. The van der Waals surface area contributed by atoms with E-state index in [0.29, 0.717) is 6.54 Å². The molecule has 24 heavy (non-hydrogen) atoms. The zero-order chi connectivity index (χ0) is 16.5. The van der Waals surface area contributed by atoms with Crippen LogP contribution in [-0.2, 0) is 11.3 Å². The van der Waals surface area contributed by atoms with Gasteiger partial charge in [-0.3, -0.25) is 0 Å². The number of hydrogen-bond donors (Lipinski definition) is 2.